The first-order valence-corrected chi connectivity index (χ1v) is 9.74. The van der Waals surface area contributed by atoms with Gasteiger partial charge in [-0.05, 0) is 76.5 Å². The molecule has 0 spiro atoms. The lowest BCUT2D eigenvalue weighted by atomic mass is 10.1. The molecular weight excluding hydrogens is 368 g/mol. The van der Waals surface area contributed by atoms with Crippen LogP contribution in [0, 0.1) is 0 Å². The van der Waals surface area contributed by atoms with Crippen LogP contribution in [0.2, 0.25) is 0 Å². The van der Waals surface area contributed by atoms with Crippen LogP contribution >= 0.6 is 0 Å². The van der Waals surface area contributed by atoms with Gasteiger partial charge >= 0.3 is 5.97 Å². The molecule has 6 nitrogen and oxygen atoms in total. The number of ether oxygens (including phenoxy) is 1. The molecular formula is C23H32N2O4. The van der Waals surface area contributed by atoms with E-state index in [4.69, 9.17) is 4.74 Å². The molecule has 1 rings (SSSR count). The highest BCUT2D eigenvalue weighted by Crippen LogP contribution is 2.15. The van der Waals surface area contributed by atoms with Gasteiger partial charge in [-0.15, -0.1) is 0 Å². The molecule has 1 aromatic carbocycles. The van der Waals surface area contributed by atoms with Crippen LogP contribution < -0.4 is 5.32 Å². The summed E-state index contributed by atoms with van der Waals surface area (Å²) in [7, 11) is 0. The van der Waals surface area contributed by atoms with Gasteiger partial charge in [0.15, 0.2) is 5.78 Å². The minimum Gasteiger partial charge on any atom is -0.462 e. The maximum Gasteiger partial charge on any atom is 0.326 e. The van der Waals surface area contributed by atoms with Gasteiger partial charge in [-0.1, -0.05) is 18.2 Å². The molecule has 2 unspecified atom stereocenters. The Bertz CT molecular complexity index is 792. The quantitative estimate of drug-likeness (QED) is 0.271. The molecule has 0 aromatic heterocycles. The Balaban J connectivity index is 2.85. The summed E-state index contributed by atoms with van der Waals surface area (Å²) < 4.78 is 5.19. The molecule has 2 N–H and O–H groups in total. The highest BCUT2D eigenvalue weighted by molar-refractivity contribution is 5.95. The third-order valence-corrected chi connectivity index (χ3v) is 4.16. The average molecular weight is 401 g/mol. The fourth-order valence-corrected chi connectivity index (χ4v) is 2.43. The van der Waals surface area contributed by atoms with Gasteiger partial charge in [0.25, 0.3) is 0 Å². The third kappa shape index (κ3) is 8.98. The van der Waals surface area contributed by atoms with Crippen LogP contribution in [0.15, 0.2) is 52.6 Å². The zero-order chi connectivity index (χ0) is 22.0. The van der Waals surface area contributed by atoms with E-state index in [0.717, 1.165) is 16.8 Å². The number of benzene rings is 1. The van der Waals surface area contributed by atoms with Gasteiger partial charge in [-0.3, -0.25) is 19.9 Å². The van der Waals surface area contributed by atoms with Crippen molar-refractivity contribution in [2.75, 3.05) is 0 Å². The lowest BCUT2D eigenvalue weighted by molar-refractivity contribution is -0.152. The fourth-order valence-electron chi connectivity index (χ4n) is 2.43. The molecule has 0 aliphatic carbocycles. The highest BCUT2D eigenvalue weighted by atomic mass is 16.5. The van der Waals surface area contributed by atoms with Gasteiger partial charge in [0.2, 0.25) is 0 Å². The summed E-state index contributed by atoms with van der Waals surface area (Å²) >= 11 is 0. The molecule has 0 saturated heterocycles. The van der Waals surface area contributed by atoms with Crippen molar-refractivity contribution in [3.05, 3.63) is 53.1 Å². The van der Waals surface area contributed by atoms with Gasteiger partial charge in [0.1, 0.15) is 6.04 Å². The van der Waals surface area contributed by atoms with Crippen molar-refractivity contribution < 1.29 is 19.4 Å². The number of aliphatic hydroxyl groups is 1. The van der Waals surface area contributed by atoms with Crippen molar-refractivity contribution in [1.82, 2.24) is 5.32 Å². The summed E-state index contributed by atoms with van der Waals surface area (Å²) in [6, 6.07) is 6.74. The predicted molar refractivity (Wildman–Crippen MR) is 116 cm³/mol. The average Bonchev–Trinajstić information content (AvgIpc) is 2.64. The van der Waals surface area contributed by atoms with E-state index in [0.29, 0.717) is 12.1 Å². The van der Waals surface area contributed by atoms with Crippen LogP contribution in [0.3, 0.4) is 0 Å². The largest absolute Gasteiger partial charge is 0.462 e. The number of rotatable bonds is 10. The normalized spacial score (nSPS) is 14.9. The minimum absolute atomic E-state index is 0.0227. The maximum absolute atomic E-state index is 12.1. The first-order chi connectivity index (χ1) is 13.6. The number of Topliss-reactive ketones (excluding diaryl/α,β-unsaturated/α-hetero) is 1. The molecule has 2 atom stereocenters. The van der Waals surface area contributed by atoms with Crippen LogP contribution in [0.25, 0.3) is 0 Å². The number of hydrogen-bond acceptors (Lipinski definition) is 6. The van der Waals surface area contributed by atoms with Crippen molar-refractivity contribution in [2.24, 2.45) is 4.99 Å². The van der Waals surface area contributed by atoms with Crippen molar-refractivity contribution in [3.8, 4) is 0 Å². The predicted octanol–water partition coefficient (Wildman–Crippen LogP) is 3.66. The first kappa shape index (κ1) is 24.5. The SMILES string of the molecule is C/C=C(C=Nc1cccc(CNC(C(=O)OC(C)C)C(C)O)c1)\C=C(\C)C(C)=O. The number of aliphatic hydroxyl groups excluding tert-OH is 1. The Morgan fingerprint density at radius 3 is 2.48 bits per heavy atom. The Hall–Kier alpha value is -2.57. The number of esters is 1. The summed E-state index contributed by atoms with van der Waals surface area (Å²) in [5.41, 5.74) is 3.17. The van der Waals surface area contributed by atoms with Crippen molar-refractivity contribution >= 4 is 23.7 Å². The number of carbonyl (C=O) groups is 2. The van der Waals surface area contributed by atoms with E-state index in [9.17, 15) is 14.7 Å². The summed E-state index contributed by atoms with van der Waals surface area (Å²) in [5, 5.41) is 12.9. The summed E-state index contributed by atoms with van der Waals surface area (Å²) in [6.45, 7) is 10.7. The maximum atomic E-state index is 12.1. The lowest BCUT2D eigenvalue weighted by Gasteiger charge is -2.21. The second-order valence-electron chi connectivity index (χ2n) is 7.19. The van der Waals surface area contributed by atoms with Gasteiger partial charge < -0.3 is 9.84 Å². The molecule has 1 aromatic rings. The first-order valence-electron chi connectivity index (χ1n) is 9.74. The number of hydrogen-bond donors (Lipinski definition) is 2. The van der Waals surface area contributed by atoms with Crippen molar-refractivity contribution in [1.29, 1.82) is 0 Å². The molecule has 6 heteroatoms. The second-order valence-corrected chi connectivity index (χ2v) is 7.19. The number of carbonyl (C=O) groups excluding carboxylic acids is 2. The number of nitrogens with one attached hydrogen (secondary N) is 1. The molecule has 0 aliphatic rings. The number of nitrogens with zero attached hydrogens (tertiary/aromatic N) is 1. The Labute approximate surface area is 173 Å². The van der Waals surface area contributed by atoms with Crippen molar-refractivity contribution in [2.45, 2.75) is 66.3 Å². The van der Waals surface area contributed by atoms with E-state index in [1.165, 1.54) is 6.92 Å². The standard InChI is InChI=1S/C23H32N2O4/c1-7-19(11-16(4)17(5)26)13-24-21-10-8-9-20(12-21)14-25-22(18(6)27)23(28)29-15(2)3/h7-13,15,18,22,25,27H,14H2,1-6H3/b16-11-,19-7+,24-13?. The molecule has 0 bridgehead atoms. The Kier molecular flexibility index (Phi) is 10.2. The van der Waals surface area contributed by atoms with E-state index in [1.807, 2.05) is 37.3 Å². The molecule has 0 heterocycles. The molecule has 0 fully saturated rings. The van der Waals surface area contributed by atoms with E-state index < -0.39 is 18.1 Å². The van der Waals surface area contributed by atoms with Crippen LogP contribution in [-0.2, 0) is 20.9 Å². The molecule has 29 heavy (non-hydrogen) atoms. The number of aliphatic imine (C=N–C) groups is 1. The summed E-state index contributed by atoms with van der Waals surface area (Å²) in [6.07, 6.45) is 4.26. The number of allylic oxidation sites excluding steroid dienone is 4. The summed E-state index contributed by atoms with van der Waals surface area (Å²) in [5.74, 6) is -0.455. The van der Waals surface area contributed by atoms with Crippen molar-refractivity contribution in [3.63, 3.8) is 0 Å². The molecule has 0 radical (unpaired) electrons. The van der Waals surface area contributed by atoms with E-state index in [-0.39, 0.29) is 11.9 Å². The van der Waals surface area contributed by atoms with Crippen LogP contribution in [0.4, 0.5) is 5.69 Å². The van der Waals surface area contributed by atoms with Gasteiger partial charge in [-0.2, -0.15) is 0 Å². The van der Waals surface area contributed by atoms with Gasteiger partial charge in [-0.25, -0.2) is 0 Å². The van der Waals surface area contributed by atoms with E-state index >= 15 is 0 Å². The van der Waals surface area contributed by atoms with E-state index in [1.54, 1.807) is 40.0 Å². The van der Waals surface area contributed by atoms with Crippen LogP contribution in [0.1, 0.15) is 47.1 Å². The van der Waals surface area contributed by atoms with Gasteiger partial charge in [0.05, 0.1) is 17.9 Å². The molecule has 0 saturated carbocycles. The third-order valence-electron chi connectivity index (χ3n) is 4.16. The highest BCUT2D eigenvalue weighted by Gasteiger charge is 2.25. The zero-order valence-corrected chi connectivity index (χ0v) is 18.1. The Morgan fingerprint density at radius 2 is 1.93 bits per heavy atom. The molecule has 158 valence electrons. The molecule has 0 amide bonds. The van der Waals surface area contributed by atoms with Gasteiger partial charge in [0, 0.05) is 12.8 Å². The monoisotopic (exact) mass is 400 g/mol. The topological polar surface area (TPSA) is 88.0 Å². The van der Waals surface area contributed by atoms with Crippen LogP contribution in [-0.4, -0.2) is 41.3 Å². The summed E-state index contributed by atoms with van der Waals surface area (Å²) in [4.78, 5) is 28.0. The second kappa shape index (κ2) is 12.1. The van der Waals surface area contributed by atoms with Crippen LogP contribution in [0.5, 0.6) is 0 Å². The number of ketones is 1. The Morgan fingerprint density at radius 1 is 1.24 bits per heavy atom. The smallest absolute Gasteiger partial charge is 0.326 e. The minimum atomic E-state index is -0.879. The fraction of sp³-hybridized carbons (Fsp3) is 0.435. The molecule has 0 aliphatic heterocycles. The van der Waals surface area contributed by atoms with E-state index in [2.05, 4.69) is 10.3 Å². The lowest BCUT2D eigenvalue weighted by Crippen LogP contribution is -2.46. The zero-order valence-electron chi connectivity index (χ0n) is 18.1.